The summed E-state index contributed by atoms with van der Waals surface area (Å²) in [6.07, 6.45) is -0.424. The van der Waals surface area contributed by atoms with Crippen LogP contribution in [0.15, 0.2) is 30.3 Å². The number of nitrogens with zero attached hydrogens (tertiary/aromatic N) is 1. The second kappa shape index (κ2) is 17.7. The Kier molecular flexibility index (Phi) is 14.4. The Morgan fingerprint density at radius 1 is 0.956 bits per heavy atom. The van der Waals surface area contributed by atoms with Gasteiger partial charge in [-0.3, -0.25) is 24.0 Å². The number of alkyl carbamates (subject to hydrolysis) is 1. The summed E-state index contributed by atoms with van der Waals surface area (Å²) in [4.78, 5) is 89.8. The van der Waals surface area contributed by atoms with E-state index in [1.165, 1.54) is 12.0 Å². The lowest BCUT2D eigenvalue weighted by molar-refractivity contribution is -0.147. The van der Waals surface area contributed by atoms with E-state index >= 15 is 0 Å². The molecule has 14 nitrogen and oxygen atoms in total. The molecule has 0 unspecified atom stereocenters. The van der Waals surface area contributed by atoms with Crippen LogP contribution in [0.4, 0.5) is 4.79 Å². The maximum Gasteiger partial charge on any atom is 0.408 e. The Morgan fingerprint density at radius 3 is 2.20 bits per heavy atom. The molecule has 1 aromatic carbocycles. The van der Waals surface area contributed by atoms with Crippen molar-refractivity contribution in [2.75, 3.05) is 13.7 Å². The number of benzene rings is 1. The number of esters is 1. The molecule has 1 saturated heterocycles. The molecule has 1 fully saturated rings. The zero-order valence-electron chi connectivity index (χ0n) is 26.5. The summed E-state index contributed by atoms with van der Waals surface area (Å²) in [5, 5.41) is 7.76. The van der Waals surface area contributed by atoms with E-state index in [4.69, 9.17) is 15.2 Å². The number of nitrogens with two attached hydrogens (primary N) is 1. The van der Waals surface area contributed by atoms with Crippen molar-refractivity contribution in [3.8, 4) is 0 Å². The highest BCUT2D eigenvalue weighted by Gasteiger charge is 2.40. The summed E-state index contributed by atoms with van der Waals surface area (Å²) in [6.45, 7) is 7.38. The van der Waals surface area contributed by atoms with Gasteiger partial charge in [0.1, 0.15) is 30.8 Å². The van der Waals surface area contributed by atoms with E-state index in [0.717, 1.165) is 0 Å². The van der Waals surface area contributed by atoms with Gasteiger partial charge in [0, 0.05) is 13.0 Å². The second-order valence-electron chi connectivity index (χ2n) is 11.7. The van der Waals surface area contributed by atoms with Gasteiger partial charge in [0.25, 0.3) is 5.91 Å². The Hall–Kier alpha value is -4.49. The van der Waals surface area contributed by atoms with Crippen LogP contribution in [-0.4, -0.2) is 84.2 Å². The number of carbonyl (C=O) groups is 7. The molecule has 5 N–H and O–H groups in total. The number of ketones is 1. The highest BCUT2D eigenvalue weighted by Crippen LogP contribution is 2.21. The smallest absolute Gasteiger partial charge is 0.408 e. The average molecular weight is 632 g/mol. The first-order valence-corrected chi connectivity index (χ1v) is 15.0. The van der Waals surface area contributed by atoms with E-state index in [2.05, 4.69) is 16.0 Å². The highest BCUT2D eigenvalue weighted by atomic mass is 16.5. The van der Waals surface area contributed by atoms with Crippen LogP contribution in [0.25, 0.3) is 0 Å². The van der Waals surface area contributed by atoms with Crippen molar-refractivity contribution in [2.45, 2.75) is 90.6 Å². The summed E-state index contributed by atoms with van der Waals surface area (Å²) < 4.78 is 10.0. The van der Waals surface area contributed by atoms with Gasteiger partial charge < -0.3 is 36.1 Å². The van der Waals surface area contributed by atoms with Gasteiger partial charge in [-0.05, 0) is 43.1 Å². The van der Waals surface area contributed by atoms with E-state index in [1.54, 1.807) is 44.2 Å². The number of hydrogen-bond donors (Lipinski definition) is 4. The zero-order valence-corrected chi connectivity index (χ0v) is 26.5. The van der Waals surface area contributed by atoms with E-state index in [1.807, 2.05) is 13.8 Å². The van der Waals surface area contributed by atoms with Crippen LogP contribution in [0, 0.1) is 11.8 Å². The largest absolute Gasteiger partial charge is 0.467 e. The standard InChI is InChI=1S/C31H45N5O9/c1-18(2)16-22(30(42)44-5)33-28(40)23-12-9-15-36(23)29(41)25(19(3)4)35-27(39)21(13-14-24(37)26(32)38)34-31(43)45-17-20-10-7-6-8-11-20/h6-8,10-11,18-19,21-23,25H,9,12-17H2,1-5H3,(H2,32,38)(H,33,40)(H,34,43)(H,35,39)/t21-,22-,23-,25-/m0/s1. The summed E-state index contributed by atoms with van der Waals surface area (Å²) in [5.41, 5.74) is 5.75. The highest BCUT2D eigenvalue weighted by molar-refractivity contribution is 6.35. The van der Waals surface area contributed by atoms with Crippen LogP contribution in [0.2, 0.25) is 0 Å². The molecule has 2 rings (SSSR count). The molecule has 5 amide bonds. The molecule has 248 valence electrons. The van der Waals surface area contributed by atoms with Gasteiger partial charge in [-0.25, -0.2) is 9.59 Å². The third kappa shape index (κ3) is 11.5. The predicted octanol–water partition coefficient (Wildman–Crippen LogP) is 0.952. The first-order chi connectivity index (χ1) is 21.2. The molecule has 1 aromatic rings. The van der Waals surface area contributed by atoms with E-state index in [9.17, 15) is 33.6 Å². The SMILES string of the molecule is COC(=O)[C@H](CC(C)C)NC(=O)[C@@H]1CCCN1C(=O)[C@@H](NC(=O)[C@H](CCC(=O)C(N)=O)NC(=O)OCc1ccccc1)C(C)C. The lowest BCUT2D eigenvalue weighted by Gasteiger charge is -2.32. The summed E-state index contributed by atoms with van der Waals surface area (Å²) >= 11 is 0. The van der Waals surface area contributed by atoms with Crippen molar-refractivity contribution in [3.63, 3.8) is 0 Å². The van der Waals surface area contributed by atoms with Crippen LogP contribution >= 0.6 is 0 Å². The Morgan fingerprint density at radius 2 is 1.62 bits per heavy atom. The van der Waals surface area contributed by atoms with Crippen molar-refractivity contribution >= 4 is 41.5 Å². The fourth-order valence-electron chi connectivity index (χ4n) is 4.92. The first kappa shape index (κ1) is 36.7. The average Bonchev–Trinajstić information content (AvgIpc) is 3.50. The number of Topliss-reactive ketones (excluding diaryl/α,β-unsaturated/α-hetero) is 1. The number of amides is 5. The van der Waals surface area contributed by atoms with Gasteiger partial charge in [0.2, 0.25) is 23.5 Å². The lowest BCUT2D eigenvalue weighted by Crippen LogP contribution is -2.59. The van der Waals surface area contributed by atoms with E-state index < -0.39 is 78.0 Å². The van der Waals surface area contributed by atoms with Crippen LogP contribution < -0.4 is 21.7 Å². The number of methoxy groups -OCH3 is 1. The molecule has 1 heterocycles. The number of primary amides is 1. The third-order valence-electron chi connectivity index (χ3n) is 7.33. The predicted molar refractivity (Wildman–Crippen MR) is 162 cm³/mol. The molecule has 0 radical (unpaired) electrons. The second-order valence-corrected chi connectivity index (χ2v) is 11.7. The fraction of sp³-hybridized carbons (Fsp3) is 0.581. The number of carbonyl (C=O) groups excluding carboxylic acids is 7. The van der Waals surface area contributed by atoms with Crippen molar-refractivity contribution < 1.29 is 43.0 Å². The van der Waals surface area contributed by atoms with Crippen LogP contribution in [-0.2, 0) is 44.8 Å². The number of hydrogen-bond acceptors (Lipinski definition) is 9. The normalized spacial score (nSPS) is 16.3. The minimum absolute atomic E-state index is 0.0826. The topological polar surface area (TPSA) is 203 Å². The quantitative estimate of drug-likeness (QED) is 0.151. The molecule has 0 aliphatic carbocycles. The number of ether oxygens (including phenoxy) is 2. The first-order valence-electron chi connectivity index (χ1n) is 15.0. The van der Waals surface area contributed by atoms with Gasteiger partial charge in [-0.2, -0.15) is 0 Å². The molecule has 45 heavy (non-hydrogen) atoms. The lowest BCUT2D eigenvalue weighted by atomic mass is 10.00. The molecule has 0 aromatic heterocycles. The monoisotopic (exact) mass is 631 g/mol. The van der Waals surface area contributed by atoms with Crippen molar-refractivity contribution in [1.82, 2.24) is 20.9 Å². The summed E-state index contributed by atoms with van der Waals surface area (Å²) in [7, 11) is 1.23. The van der Waals surface area contributed by atoms with Crippen molar-refractivity contribution in [1.29, 1.82) is 0 Å². The van der Waals surface area contributed by atoms with Crippen molar-refractivity contribution in [2.24, 2.45) is 17.6 Å². The van der Waals surface area contributed by atoms with Gasteiger partial charge in [0.15, 0.2) is 0 Å². The molecule has 0 bridgehead atoms. The molecule has 0 saturated carbocycles. The number of rotatable bonds is 16. The van der Waals surface area contributed by atoms with E-state index in [-0.39, 0.29) is 25.5 Å². The molecule has 0 spiro atoms. The zero-order chi connectivity index (χ0) is 33.7. The molecular formula is C31H45N5O9. The Balaban J connectivity index is 2.17. The Labute approximate surface area is 263 Å². The maximum atomic E-state index is 13.8. The third-order valence-corrected chi connectivity index (χ3v) is 7.33. The fourth-order valence-corrected chi connectivity index (χ4v) is 4.92. The molecule has 1 aliphatic rings. The van der Waals surface area contributed by atoms with Crippen molar-refractivity contribution in [3.05, 3.63) is 35.9 Å². The van der Waals surface area contributed by atoms with Gasteiger partial charge >= 0.3 is 12.1 Å². The van der Waals surface area contributed by atoms with Crippen LogP contribution in [0.5, 0.6) is 0 Å². The summed E-state index contributed by atoms with van der Waals surface area (Å²) in [6, 6.07) is 4.62. The minimum Gasteiger partial charge on any atom is -0.467 e. The molecule has 14 heteroatoms. The van der Waals surface area contributed by atoms with Gasteiger partial charge in [-0.15, -0.1) is 0 Å². The van der Waals surface area contributed by atoms with Gasteiger partial charge in [-0.1, -0.05) is 58.0 Å². The Bertz CT molecular complexity index is 1220. The van der Waals surface area contributed by atoms with Gasteiger partial charge in [0.05, 0.1) is 7.11 Å². The molecule has 1 aliphatic heterocycles. The molecule has 4 atom stereocenters. The summed E-state index contributed by atoms with van der Waals surface area (Å²) in [5.74, 6) is -4.87. The van der Waals surface area contributed by atoms with E-state index in [0.29, 0.717) is 24.8 Å². The van der Waals surface area contributed by atoms with Crippen LogP contribution in [0.1, 0.15) is 65.4 Å². The maximum absolute atomic E-state index is 13.8. The molecular weight excluding hydrogens is 586 g/mol. The number of nitrogens with one attached hydrogen (secondary N) is 3. The number of likely N-dealkylation sites (tertiary alicyclic amines) is 1. The van der Waals surface area contributed by atoms with Crippen LogP contribution in [0.3, 0.4) is 0 Å². The minimum atomic E-state index is -1.35.